The summed E-state index contributed by atoms with van der Waals surface area (Å²) in [7, 11) is 0. The minimum absolute atomic E-state index is 0.0529. The molecule has 6 nitrogen and oxygen atoms in total. The first-order valence-electron chi connectivity index (χ1n) is 8.98. The molecular weight excluding hydrogens is 376 g/mol. The van der Waals surface area contributed by atoms with E-state index in [9.17, 15) is 9.90 Å². The number of nitrogens with zero attached hydrogens (tertiary/aromatic N) is 3. The number of rotatable bonds is 4. The molecule has 0 saturated heterocycles. The maximum Gasteiger partial charge on any atom is 0.262 e. The highest BCUT2D eigenvalue weighted by Crippen LogP contribution is 2.27. The SMILES string of the molecule is CC(C)c1nn(-c2ccccc2Cl)c2nc(Cc3ccc(O)cc3)[nH]c(=O)c12. The predicted molar refractivity (Wildman–Crippen MR) is 109 cm³/mol. The fraction of sp³-hybridized carbons (Fsp3) is 0.190. The molecule has 7 heteroatoms. The number of phenols is 1. The quantitative estimate of drug-likeness (QED) is 0.543. The van der Waals surface area contributed by atoms with Gasteiger partial charge in [0.2, 0.25) is 0 Å². The van der Waals surface area contributed by atoms with E-state index in [0.717, 1.165) is 5.56 Å². The molecule has 4 rings (SSSR count). The summed E-state index contributed by atoms with van der Waals surface area (Å²) in [5, 5.41) is 15.1. The van der Waals surface area contributed by atoms with Crippen molar-refractivity contribution in [3.63, 3.8) is 0 Å². The van der Waals surface area contributed by atoms with E-state index in [1.165, 1.54) is 0 Å². The van der Waals surface area contributed by atoms with E-state index < -0.39 is 0 Å². The van der Waals surface area contributed by atoms with E-state index in [2.05, 4.69) is 10.1 Å². The number of aromatic hydroxyl groups is 1. The molecule has 0 aliphatic carbocycles. The average molecular weight is 395 g/mol. The largest absolute Gasteiger partial charge is 0.508 e. The molecule has 0 aliphatic rings. The van der Waals surface area contributed by atoms with Gasteiger partial charge in [-0.1, -0.05) is 49.7 Å². The molecule has 4 aromatic rings. The number of aromatic amines is 1. The summed E-state index contributed by atoms with van der Waals surface area (Å²) in [5.74, 6) is 0.766. The van der Waals surface area contributed by atoms with Gasteiger partial charge < -0.3 is 10.1 Å². The lowest BCUT2D eigenvalue weighted by molar-refractivity contribution is 0.475. The van der Waals surface area contributed by atoms with Gasteiger partial charge in [-0.15, -0.1) is 0 Å². The van der Waals surface area contributed by atoms with Crippen molar-refractivity contribution in [2.45, 2.75) is 26.2 Å². The van der Waals surface area contributed by atoms with E-state index in [-0.39, 0.29) is 17.2 Å². The maximum atomic E-state index is 12.9. The topological polar surface area (TPSA) is 83.8 Å². The van der Waals surface area contributed by atoms with Gasteiger partial charge in [-0.2, -0.15) is 5.10 Å². The Morgan fingerprint density at radius 1 is 1.14 bits per heavy atom. The normalized spacial score (nSPS) is 11.4. The zero-order chi connectivity index (χ0) is 19.8. The maximum absolute atomic E-state index is 12.9. The summed E-state index contributed by atoms with van der Waals surface area (Å²) in [6.45, 7) is 3.98. The summed E-state index contributed by atoms with van der Waals surface area (Å²) in [5.41, 5.74) is 2.54. The van der Waals surface area contributed by atoms with Gasteiger partial charge in [0.15, 0.2) is 5.65 Å². The number of benzene rings is 2. The van der Waals surface area contributed by atoms with Gasteiger partial charge in [0.1, 0.15) is 17.0 Å². The molecule has 2 aromatic heterocycles. The molecule has 0 amide bonds. The Bertz CT molecular complexity index is 1210. The number of para-hydroxylation sites is 1. The molecule has 2 aromatic carbocycles. The molecule has 2 N–H and O–H groups in total. The number of phenolic OH excluding ortho intramolecular Hbond substituents is 1. The van der Waals surface area contributed by atoms with Crippen molar-refractivity contribution in [2.24, 2.45) is 0 Å². The van der Waals surface area contributed by atoms with Crippen molar-refractivity contribution < 1.29 is 5.11 Å². The van der Waals surface area contributed by atoms with Crippen LogP contribution in [0.25, 0.3) is 16.7 Å². The van der Waals surface area contributed by atoms with E-state index in [4.69, 9.17) is 16.6 Å². The van der Waals surface area contributed by atoms with E-state index >= 15 is 0 Å². The van der Waals surface area contributed by atoms with Crippen LogP contribution in [0.15, 0.2) is 53.3 Å². The van der Waals surface area contributed by atoms with Gasteiger partial charge in [0.05, 0.1) is 16.4 Å². The Morgan fingerprint density at radius 3 is 2.54 bits per heavy atom. The monoisotopic (exact) mass is 394 g/mol. The van der Waals surface area contributed by atoms with E-state index in [0.29, 0.717) is 39.7 Å². The molecule has 142 valence electrons. The van der Waals surface area contributed by atoms with Crippen molar-refractivity contribution in [2.75, 3.05) is 0 Å². The molecule has 28 heavy (non-hydrogen) atoms. The van der Waals surface area contributed by atoms with Crippen LogP contribution in [0.3, 0.4) is 0 Å². The van der Waals surface area contributed by atoms with Crippen LogP contribution < -0.4 is 5.56 Å². The second-order valence-electron chi connectivity index (χ2n) is 6.96. The number of nitrogens with one attached hydrogen (secondary N) is 1. The molecule has 0 aliphatic heterocycles. The molecule has 0 radical (unpaired) electrons. The van der Waals surface area contributed by atoms with E-state index in [1.807, 2.05) is 32.0 Å². The number of fused-ring (bicyclic) bond motifs is 1. The molecule has 0 atom stereocenters. The lowest BCUT2D eigenvalue weighted by Gasteiger charge is -2.06. The van der Waals surface area contributed by atoms with Crippen LogP contribution in [0.2, 0.25) is 5.02 Å². The van der Waals surface area contributed by atoms with Gasteiger partial charge in [-0.3, -0.25) is 4.79 Å². The van der Waals surface area contributed by atoms with Crippen molar-refractivity contribution in [1.29, 1.82) is 0 Å². The molecule has 0 fully saturated rings. The third kappa shape index (κ3) is 3.27. The van der Waals surface area contributed by atoms with Crippen molar-refractivity contribution in [1.82, 2.24) is 19.7 Å². The smallest absolute Gasteiger partial charge is 0.262 e. The van der Waals surface area contributed by atoms with Gasteiger partial charge >= 0.3 is 0 Å². The Labute approximate surface area is 166 Å². The number of hydrogen-bond acceptors (Lipinski definition) is 4. The lowest BCUT2D eigenvalue weighted by atomic mass is 10.1. The summed E-state index contributed by atoms with van der Waals surface area (Å²) >= 11 is 6.37. The molecule has 0 spiro atoms. The lowest BCUT2D eigenvalue weighted by Crippen LogP contribution is -2.13. The number of aromatic nitrogens is 4. The van der Waals surface area contributed by atoms with Crippen LogP contribution in [0.4, 0.5) is 0 Å². The molecule has 2 heterocycles. The second kappa shape index (κ2) is 7.13. The number of hydrogen-bond donors (Lipinski definition) is 2. The Kier molecular flexibility index (Phi) is 4.65. The fourth-order valence-electron chi connectivity index (χ4n) is 3.18. The second-order valence-corrected chi connectivity index (χ2v) is 7.36. The summed E-state index contributed by atoms with van der Waals surface area (Å²) < 4.78 is 1.64. The van der Waals surface area contributed by atoms with Crippen LogP contribution in [0, 0.1) is 0 Å². The molecule has 0 bridgehead atoms. The van der Waals surface area contributed by atoms with Crippen molar-refractivity contribution >= 4 is 22.6 Å². The predicted octanol–water partition coefficient (Wildman–Crippen LogP) is 4.18. The average Bonchev–Trinajstić information content (AvgIpc) is 3.04. The van der Waals surface area contributed by atoms with Crippen LogP contribution in [0.5, 0.6) is 5.75 Å². The zero-order valence-corrected chi connectivity index (χ0v) is 16.2. The summed E-state index contributed by atoms with van der Waals surface area (Å²) in [6, 6.07) is 14.2. The summed E-state index contributed by atoms with van der Waals surface area (Å²) in [6.07, 6.45) is 0.427. The van der Waals surface area contributed by atoms with Gasteiger partial charge in [-0.25, -0.2) is 9.67 Å². The van der Waals surface area contributed by atoms with Gasteiger partial charge in [0, 0.05) is 6.42 Å². The number of halogens is 1. The van der Waals surface area contributed by atoms with Crippen LogP contribution in [-0.2, 0) is 6.42 Å². The molecule has 0 saturated carbocycles. The minimum atomic E-state index is -0.221. The highest BCUT2D eigenvalue weighted by Gasteiger charge is 2.21. The first kappa shape index (κ1) is 18.3. The zero-order valence-electron chi connectivity index (χ0n) is 15.5. The number of H-pyrrole nitrogens is 1. The molecular formula is C21H19ClN4O2. The summed E-state index contributed by atoms with van der Waals surface area (Å²) in [4.78, 5) is 20.4. The Morgan fingerprint density at radius 2 is 1.86 bits per heavy atom. The van der Waals surface area contributed by atoms with Crippen LogP contribution >= 0.6 is 11.6 Å². The fourth-order valence-corrected chi connectivity index (χ4v) is 3.40. The molecule has 0 unspecified atom stereocenters. The standard InChI is InChI=1S/C21H19ClN4O2/c1-12(2)19-18-20(26(25-19)16-6-4-3-5-15(16)22)23-17(24-21(18)28)11-13-7-9-14(27)10-8-13/h3-10,12,27H,11H2,1-2H3,(H,23,24,28). The van der Waals surface area contributed by atoms with Crippen LogP contribution in [-0.4, -0.2) is 24.9 Å². The third-order valence-corrected chi connectivity index (χ3v) is 4.87. The van der Waals surface area contributed by atoms with Gasteiger partial charge in [0.25, 0.3) is 5.56 Å². The Hall–Kier alpha value is -3.12. The highest BCUT2D eigenvalue weighted by molar-refractivity contribution is 6.32. The Balaban J connectivity index is 1.92. The van der Waals surface area contributed by atoms with Gasteiger partial charge in [-0.05, 0) is 35.7 Å². The van der Waals surface area contributed by atoms with Crippen LogP contribution in [0.1, 0.15) is 36.8 Å². The first-order chi connectivity index (χ1) is 13.4. The first-order valence-corrected chi connectivity index (χ1v) is 9.36. The van der Waals surface area contributed by atoms with E-state index in [1.54, 1.807) is 35.0 Å². The highest BCUT2D eigenvalue weighted by atomic mass is 35.5. The van der Waals surface area contributed by atoms with Crippen molar-refractivity contribution in [3.8, 4) is 11.4 Å². The third-order valence-electron chi connectivity index (χ3n) is 4.55. The minimum Gasteiger partial charge on any atom is -0.508 e. The van der Waals surface area contributed by atoms with Crippen molar-refractivity contribution in [3.05, 3.63) is 81.0 Å².